The Hall–Kier alpha value is -2.41. The summed E-state index contributed by atoms with van der Waals surface area (Å²) in [5.74, 6) is -0.464. The van der Waals surface area contributed by atoms with Crippen LogP contribution in [0.3, 0.4) is 0 Å². The molecule has 2 saturated heterocycles. The molecule has 1 aromatic rings. The van der Waals surface area contributed by atoms with E-state index in [1.807, 2.05) is 31.2 Å². The topological polar surface area (TPSA) is 87.7 Å². The molecule has 4 amide bonds. The van der Waals surface area contributed by atoms with Crippen LogP contribution in [0.15, 0.2) is 24.3 Å². The summed E-state index contributed by atoms with van der Waals surface area (Å²) in [6.07, 6.45) is 0.912. The second kappa shape index (κ2) is 6.84. The monoisotopic (exact) mass is 345 g/mol. The smallest absolute Gasteiger partial charge is 0.325 e. The summed E-state index contributed by atoms with van der Waals surface area (Å²) in [7, 11) is 0. The Kier molecular flexibility index (Phi) is 4.76. The number of nitrogens with zero attached hydrogens (tertiary/aromatic N) is 1. The van der Waals surface area contributed by atoms with Gasteiger partial charge in [-0.25, -0.2) is 4.79 Å². The minimum Gasteiger partial charge on any atom is -0.381 e. The summed E-state index contributed by atoms with van der Waals surface area (Å²) in [4.78, 5) is 38.1. The average Bonchev–Trinajstić information content (AvgIpc) is 3.17. The SMILES string of the molecule is Cc1ccc([C@]2(C)NC(=O)N(CC(=O)NC[C@@H]3CCOC3)C2=O)cc1. The molecule has 0 saturated carbocycles. The first-order valence-corrected chi connectivity index (χ1v) is 8.46. The van der Waals surface area contributed by atoms with Gasteiger partial charge in [0.25, 0.3) is 5.91 Å². The molecule has 25 heavy (non-hydrogen) atoms. The van der Waals surface area contributed by atoms with Crippen LogP contribution in [0.5, 0.6) is 0 Å². The Morgan fingerprint density at radius 1 is 1.36 bits per heavy atom. The Bertz CT molecular complexity index is 682. The largest absolute Gasteiger partial charge is 0.381 e. The summed E-state index contributed by atoms with van der Waals surface area (Å²) in [6.45, 7) is 5.17. The number of benzene rings is 1. The van der Waals surface area contributed by atoms with E-state index < -0.39 is 17.5 Å². The van der Waals surface area contributed by atoms with Crippen LogP contribution in [0, 0.1) is 12.8 Å². The summed E-state index contributed by atoms with van der Waals surface area (Å²) in [5.41, 5.74) is 0.614. The van der Waals surface area contributed by atoms with Gasteiger partial charge in [-0.1, -0.05) is 29.8 Å². The van der Waals surface area contributed by atoms with Crippen LogP contribution >= 0.6 is 0 Å². The standard InChI is InChI=1S/C18H23N3O4/c1-12-3-5-14(6-4-12)18(2)16(23)21(17(24)20-18)10-15(22)19-9-13-7-8-25-11-13/h3-6,13H,7-11H2,1-2H3,(H,19,22)(H,20,24)/t13-,18-/m0/s1. The molecule has 0 bridgehead atoms. The predicted molar refractivity (Wildman–Crippen MR) is 90.7 cm³/mol. The normalized spacial score (nSPS) is 26.0. The fraction of sp³-hybridized carbons (Fsp3) is 0.500. The second-order valence-corrected chi connectivity index (χ2v) is 6.85. The van der Waals surface area contributed by atoms with Gasteiger partial charge in [0.2, 0.25) is 5.91 Å². The first-order valence-electron chi connectivity index (χ1n) is 8.46. The molecule has 134 valence electrons. The maximum atomic E-state index is 12.8. The third-order valence-electron chi connectivity index (χ3n) is 4.82. The van der Waals surface area contributed by atoms with E-state index in [9.17, 15) is 14.4 Å². The highest BCUT2D eigenvalue weighted by Gasteiger charge is 2.49. The number of aryl methyl sites for hydroxylation is 1. The second-order valence-electron chi connectivity index (χ2n) is 6.85. The van der Waals surface area contributed by atoms with Gasteiger partial charge < -0.3 is 15.4 Å². The fourth-order valence-electron chi connectivity index (χ4n) is 3.13. The van der Waals surface area contributed by atoms with Crippen molar-refractivity contribution in [3.8, 4) is 0 Å². The van der Waals surface area contributed by atoms with E-state index in [-0.39, 0.29) is 12.5 Å². The van der Waals surface area contributed by atoms with E-state index in [4.69, 9.17) is 4.74 Å². The van der Waals surface area contributed by atoms with Crippen LogP contribution in [0.25, 0.3) is 0 Å². The van der Waals surface area contributed by atoms with Crippen LogP contribution in [-0.4, -0.2) is 49.0 Å². The molecule has 1 aromatic carbocycles. The van der Waals surface area contributed by atoms with E-state index in [1.165, 1.54) is 0 Å². The molecule has 2 heterocycles. The van der Waals surface area contributed by atoms with Crippen molar-refractivity contribution in [2.45, 2.75) is 25.8 Å². The molecule has 2 atom stereocenters. The molecule has 7 nitrogen and oxygen atoms in total. The molecule has 3 rings (SSSR count). The van der Waals surface area contributed by atoms with Crippen LogP contribution in [0.1, 0.15) is 24.5 Å². The van der Waals surface area contributed by atoms with Crippen molar-refractivity contribution in [3.63, 3.8) is 0 Å². The zero-order chi connectivity index (χ0) is 18.0. The van der Waals surface area contributed by atoms with Gasteiger partial charge in [-0.2, -0.15) is 0 Å². The van der Waals surface area contributed by atoms with E-state index in [0.717, 1.165) is 16.9 Å². The first kappa shape index (κ1) is 17.4. The number of carbonyl (C=O) groups excluding carboxylic acids is 3. The number of imide groups is 1. The Morgan fingerprint density at radius 3 is 2.72 bits per heavy atom. The number of carbonyl (C=O) groups is 3. The summed E-state index contributed by atoms with van der Waals surface area (Å²) in [5, 5.41) is 5.48. The molecule has 0 aromatic heterocycles. The van der Waals surface area contributed by atoms with Gasteiger partial charge >= 0.3 is 6.03 Å². The van der Waals surface area contributed by atoms with Crippen molar-refractivity contribution in [2.24, 2.45) is 5.92 Å². The highest BCUT2D eigenvalue weighted by Crippen LogP contribution is 2.28. The maximum absolute atomic E-state index is 12.8. The summed E-state index contributed by atoms with van der Waals surface area (Å²) < 4.78 is 5.26. The van der Waals surface area contributed by atoms with Crippen LogP contribution in [0.2, 0.25) is 0 Å². The van der Waals surface area contributed by atoms with Crippen LogP contribution < -0.4 is 10.6 Å². The lowest BCUT2D eigenvalue weighted by atomic mass is 9.91. The van der Waals surface area contributed by atoms with Gasteiger partial charge in [0.1, 0.15) is 12.1 Å². The fourth-order valence-corrected chi connectivity index (χ4v) is 3.13. The lowest BCUT2D eigenvalue weighted by molar-refractivity contribution is -0.134. The van der Waals surface area contributed by atoms with E-state index >= 15 is 0 Å². The van der Waals surface area contributed by atoms with Crippen LogP contribution in [0.4, 0.5) is 4.79 Å². The number of urea groups is 1. The van der Waals surface area contributed by atoms with Gasteiger partial charge in [-0.05, 0) is 25.8 Å². The van der Waals surface area contributed by atoms with Crippen molar-refractivity contribution in [3.05, 3.63) is 35.4 Å². The Balaban J connectivity index is 1.64. The lowest BCUT2D eigenvalue weighted by Gasteiger charge is -2.22. The van der Waals surface area contributed by atoms with Gasteiger partial charge in [-0.3, -0.25) is 14.5 Å². The minimum absolute atomic E-state index is 0.278. The number of ether oxygens (including phenoxy) is 1. The molecular weight excluding hydrogens is 322 g/mol. The molecule has 0 spiro atoms. The highest BCUT2D eigenvalue weighted by atomic mass is 16.5. The third-order valence-corrected chi connectivity index (χ3v) is 4.82. The number of hydrogen-bond donors (Lipinski definition) is 2. The van der Waals surface area contributed by atoms with E-state index in [0.29, 0.717) is 31.2 Å². The Labute approximate surface area is 146 Å². The van der Waals surface area contributed by atoms with Crippen molar-refractivity contribution in [1.82, 2.24) is 15.5 Å². The molecule has 2 aliphatic heterocycles. The molecule has 0 aliphatic carbocycles. The van der Waals surface area contributed by atoms with Crippen molar-refractivity contribution in [2.75, 3.05) is 26.3 Å². The third kappa shape index (κ3) is 3.51. The number of hydrogen-bond acceptors (Lipinski definition) is 4. The summed E-state index contributed by atoms with van der Waals surface area (Å²) >= 11 is 0. The summed E-state index contributed by atoms with van der Waals surface area (Å²) in [6, 6.07) is 6.86. The van der Waals surface area contributed by atoms with Gasteiger partial charge in [0.05, 0.1) is 6.61 Å². The van der Waals surface area contributed by atoms with Crippen LogP contribution in [-0.2, 0) is 19.9 Å². The van der Waals surface area contributed by atoms with Crippen molar-refractivity contribution < 1.29 is 19.1 Å². The molecule has 2 N–H and O–H groups in total. The quantitative estimate of drug-likeness (QED) is 0.777. The predicted octanol–water partition coefficient (Wildman–Crippen LogP) is 0.915. The number of rotatable bonds is 5. The van der Waals surface area contributed by atoms with Gasteiger partial charge in [-0.15, -0.1) is 0 Å². The molecule has 0 radical (unpaired) electrons. The molecule has 7 heteroatoms. The molecule has 2 fully saturated rings. The van der Waals surface area contributed by atoms with E-state index in [1.54, 1.807) is 6.92 Å². The maximum Gasteiger partial charge on any atom is 0.325 e. The molecule has 0 unspecified atom stereocenters. The number of nitrogens with one attached hydrogen (secondary N) is 2. The zero-order valence-corrected chi connectivity index (χ0v) is 14.5. The average molecular weight is 345 g/mol. The van der Waals surface area contributed by atoms with Gasteiger partial charge in [0, 0.05) is 19.1 Å². The number of amides is 4. The Morgan fingerprint density at radius 2 is 2.08 bits per heavy atom. The molecule has 2 aliphatic rings. The highest BCUT2D eigenvalue weighted by molar-refractivity contribution is 6.09. The first-order chi connectivity index (χ1) is 11.9. The van der Waals surface area contributed by atoms with Crippen molar-refractivity contribution in [1.29, 1.82) is 0 Å². The zero-order valence-electron chi connectivity index (χ0n) is 14.5. The lowest BCUT2D eigenvalue weighted by Crippen LogP contribution is -2.44. The van der Waals surface area contributed by atoms with Crippen molar-refractivity contribution >= 4 is 17.8 Å². The van der Waals surface area contributed by atoms with Gasteiger partial charge in [0.15, 0.2) is 0 Å². The minimum atomic E-state index is -1.15. The molecular formula is C18H23N3O4. The van der Waals surface area contributed by atoms with E-state index in [2.05, 4.69) is 10.6 Å².